The minimum Gasteiger partial charge on any atom is -0.304 e. The van der Waals surface area contributed by atoms with Gasteiger partial charge in [0.15, 0.2) is 17.2 Å². The fraction of sp³-hybridized carbons (Fsp3) is 0.200. The highest BCUT2D eigenvalue weighted by Crippen LogP contribution is 2.29. The molecule has 30 heavy (non-hydrogen) atoms. The average molecular weight is 414 g/mol. The van der Waals surface area contributed by atoms with Gasteiger partial charge in [-0.1, -0.05) is 24.3 Å². The van der Waals surface area contributed by atoms with E-state index in [0.717, 1.165) is 17.2 Å². The highest BCUT2D eigenvalue weighted by molar-refractivity contribution is 6.02. The van der Waals surface area contributed by atoms with Crippen LogP contribution in [0.15, 0.2) is 48.7 Å². The lowest BCUT2D eigenvalue weighted by atomic mass is 10.1. The maximum atomic E-state index is 13.3. The molecule has 0 aliphatic carbocycles. The average Bonchev–Trinajstić information content (AvgIpc) is 3.28. The Morgan fingerprint density at radius 3 is 2.60 bits per heavy atom. The number of hydrogen-bond donors (Lipinski definition) is 1. The van der Waals surface area contributed by atoms with Crippen LogP contribution in [0.4, 0.5) is 19.0 Å². The van der Waals surface area contributed by atoms with E-state index in [4.69, 9.17) is 0 Å². The summed E-state index contributed by atoms with van der Waals surface area (Å²) in [5.74, 6) is -0.404. The molecule has 0 unspecified atom stereocenters. The fourth-order valence-electron chi connectivity index (χ4n) is 3.07. The number of nitrogens with one attached hydrogen (secondary N) is 1. The zero-order chi connectivity index (χ0) is 21.5. The number of amides is 1. The second-order valence-electron chi connectivity index (χ2n) is 6.86. The van der Waals surface area contributed by atoms with Gasteiger partial charge in [0.25, 0.3) is 5.91 Å². The van der Waals surface area contributed by atoms with Crippen LogP contribution in [0.1, 0.15) is 33.0 Å². The number of alkyl halides is 3. The first-order chi connectivity index (χ1) is 14.2. The number of aromatic nitrogens is 5. The predicted octanol–water partition coefficient (Wildman–Crippen LogP) is 3.86. The highest BCUT2D eigenvalue weighted by atomic mass is 19.4. The number of fused-ring (bicyclic) bond motifs is 1. The smallest absolute Gasteiger partial charge is 0.304 e. The van der Waals surface area contributed by atoms with Crippen LogP contribution in [0.3, 0.4) is 0 Å². The number of carbonyl (C=O) groups excluding carboxylic acids is 1. The van der Waals surface area contributed by atoms with Crippen molar-refractivity contribution in [1.29, 1.82) is 0 Å². The van der Waals surface area contributed by atoms with Gasteiger partial charge in [0.05, 0.1) is 6.54 Å². The van der Waals surface area contributed by atoms with E-state index in [9.17, 15) is 18.0 Å². The Hall–Kier alpha value is -3.69. The molecular formula is C20H17F3N6O. The van der Waals surface area contributed by atoms with Crippen LogP contribution >= 0.6 is 0 Å². The molecule has 3 aromatic heterocycles. The van der Waals surface area contributed by atoms with Crippen LogP contribution in [0.2, 0.25) is 0 Å². The lowest BCUT2D eigenvalue weighted by Crippen LogP contribution is -2.16. The number of hydrogen-bond acceptors (Lipinski definition) is 4. The molecule has 0 radical (unpaired) electrons. The van der Waals surface area contributed by atoms with E-state index in [2.05, 4.69) is 20.5 Å². The first kappa shape index (κ1) is 19.6. The topological polar surface area (TPSA) is 77.1 Å². The van der Waals surface area contributed by atoms with Gasteiger partial charge >= 0.3 is 6.18 Å². The Kier molecular flexibility index (Phi) is 4.76. The molecule has 1 aromatic carbocycles. The van der Waals surface area contributed by atoms with Gasteiger partial charge in [-0.25, -0.2) is 9.50 Å². The second kappa shape index (κ2) is 7.29. The number of anilines is 1. The molecule has 3 heterocycles. The third-order valence-corrected chi connectivity index (χ3v) is 4.55. The van der Waals surface area contributed by atoms with Gasteiger partial charge in [0.1, 0.15) is 5.69 Å². The van der Waals surface area contributed by atoms with Gasteiger partial charge in [0.2, 0.25) is 0 Å². The number of rotatable bonds is 4. The van der Waals surface area contributed by atoms with Gasteiger partial charge < -0.3 is 5.32 Å². The highest BCUT2D eigenvalue weighted by Gasteiger charge is 2.35. The molecular weight excluding hydrogens is 397 g/mol. The largest absolute Gasteiger partial charge is 0.433 e. The lowest BCUT2D eigenvalue weighted by Gasteiger charge is -2.09. The predicted molar refractivity (Wildman–Crippen MR) is 103 cm³/mol. The molecule has 0 saturated heterocycles. The van der Waals surface area contributed by atoms with E-state index in [1.807, 2.05) is 31.2 Å². The van der Waals surface area contributed by atoms with Crippen LogP contribution in [0, 0.1) is 13.8 Å². The third-order valence-electron chi connectivity index (χ3n) is 4.55. The summed E-state index contributed by atoms with van der Waals surface area (Å²) in [5.41, 5.74) is 1.14. The van der Waals surface area contributed by atoms with Crippen molar-refractivity contribution in [3.63, 3.8) is 0 Å². The summed E-state index contributed by atoms with van der Waals surface area (Å²) in [4.78, 5) is 16.5. The lowest BCUT2D eigenvalue weighted by molar-refractivity contribution is -0.142. The molecule has 4 rings (SSSR count). The van der Waals surface area contributed by atoms with Crippen molar-refractivity contribution < 1.29 is 18.0 Å². The number of benzene rings is 1. The SMILES string of the molecule is Cc1cc(C(F)(F)F)n2nc(C(=O)Nc3ccn(Cc4ccccc4C)n3)cc2n1. The Balaban J connectivity index is 1.55. The minimum atomic E-state index is -4.62. The minimum absolute atomic E-state index is 0.0578. The standard InChI is InChI=1S/C20H17F3N6O/c1-12-5-3-4-6-14(12)11-28-8-7-17(27-28)25-19(30)15-10-18-24-13(2)9-16(20(21,22)23)29(18)26-15/h3-10H,11H2,1-2H3,(H,25,27,30). The molecule has 154 valence electrons. The van der Waals surface area contributed by atoms with Crippen molar-refractivity contribution in [3.8, 4) is 0 Å². The fourth-order valence-corrected chi connectivity index (χ4v) is 3.07. The molecule has 0 fully saturated rings. The van der Waals surface area contributed by atoms with Crippen molar-refractivity contribution >= 4 is 17.4 Å². The molecule has 0 spiro atoms. The maximum absolute atomic E-state index is 13.3. The Morgan fingerprint density at radius 1 is 1.10 bits per heavy atom. The first-order valence-electron chi connectivity index (χ1n) is 9.04. The van der Waals surface area contributed by atoms with Gasteiger partial charge in [-0.3, -0.25) is 9.48 Å². The van der Waals surface area contributed by atoms with Crippen LogP contribution in [0.5, 0.6) is 0 Å². The van der Waals surface area contributed by atoms with Gasteiger partial charge in [0, 0.05) is 24.0 Å². The van der Waals surface area contributed by atoms with Crippen molar-refractivity contribution in [2.75, 3.05) is 5.32 Å². The Labute approximate surface area is 169 Å². The summed E-state index contributed by atoms with van der Waals surface area (Å²) in [6, 6.07) is 11.6. The summed E-state index contributed by atoms with van der Waals surface area (Å²) >= 11 is 0. The Bertz CT molecular complexity index is 1240. The summed E-state index contributed by atoms with van der Waals surface area (Å²) in [6.45, 7) is 3.97. The summed E-state index contributed by atoms with van der Waals surface area (Å²) in [5, 5.41) is 10.6. The molecule has 1 amide bonds. The van der Waals surface area contributed by atoms with Gasteiger partial charge in [-0.15, -0.1) is 0 Å². The molecule has 7 nitrogen and oxygen atoms in total. The van der Waals surface area contributed by atoms with Crippen LogP contribution in [-0.4, -0.2) is 30.3 Å². The number of aryl methyl sites for hydroxylation is 2. The van der Waals surface area contributed by atoms with Gasteiger partial charge in [-0.05, 0) is 31.0 Å². The van der Waals surface area contributed by atoms with Crippen LogP contribution in [-0.2, 0) is 12.7 Å². The van der Waals surface area contributed by atoms with Crippen molar-refractivity contribution in [1.82, 2.24) is 24.4 Å². The molecule has 0 aliphatic heterocycles. The van der Waals surface area contributed by atoms with E-state index in [1.54, 1.807) is 16.9 Å². The van der Waals surface area contributed by atoms with E-state index in [-0.39, 0.29) is 22.9 Å². The number of carbonyl (C=O) groups is 1. The number of nitrogens with zero attached hydrogens (tertiary/aromatic N) is 5. The molecule has 0 aliphatic rings. The van der Waals surface area contributed by atoms with Crippen molar-refractivity contribution in [2.45, 2.75) is 26.6 Å². The number of halogens is 3. The second-order valence-corrected chi connectivity index (χ2v) is 6.86. The molecule has 10 heteroatoms. The van der Waals surface area contributed by atoms with Crippen LogP contribution in [0.25, 0.3) is 5.65 Å². The third kappa shape index (κ3) is 3.88. The monoisotopic (exact) mass is 414 g/mol. The molecule has 1 N–H and O–H groups in total. The zero-order valence-corrected chi connectivity index (χ0v) is 16.1. The maximum Gasteiger partial charge on any atom is 0.433 e. The quantitative estimate of drug-likeness (QED) is 0.550. The molecule has 0 bridgehead atoms. The summed E-state index contributed by atoms with van der Waals surface area (Å²) in [6.07, 6.45) is -2.92. The van der Waals surface area contributed by atoms with Crippen molar-refractivity contribution in [2.24, 2.45) is 0 Å². The zero-order valence-electron chi connectivity index (χ0n) is 16.1. The van der Waals surface area contributed by atoms with E-state index < -0.39 is 17.8 Å². The Morgan fingerprint density at radius 2 is 1.87 bits per heavy atom. The molecule has 4 aromatic rings. The first-order valence-corrected chi connectivity index (χ1v) is 9.04. The van der Waals surface area contributed by atoms with Gasteiger partial charge in [-0.2, -0.15) is 23.4 Å². The summed E-state index contributed by atoms with van der Waals surface area (Å²) in [7, 11) is 0. The normalized spacial score (nSPS) is 11.8. The summed E-state index contributed by atoms with van der Waals surface area (Å²) < 4.78 is 42.1. The van der Waals surface area contributed by atoms with E-state index in [1.165, 1.54) is 13.0 Å². The molecule has 0 saturated carbocycles. The molecule has 0 atom stereocenters. The van der Waals surface area contributed by atoms with E-state index >= 15 is 0 Å². The van der Waals surface area contributed by atoms with Crippen molar-refractivity contribution in [3.05, 3.63) is 76.9 Å². The van der Waals surface area contributed by atoms with Crippen LogP contribution < -0.4 is 5.32 Å². The van der Waals surface area contributed by atoms with E-state index in [0.29, 0.717) is 11.1 Å².